The number of alkyl halides is 3. The van der Waals surface area contributed by atoms with Crippen molar-refractivity contribution in [1.29, 1.82) is 0 Å². The Kier molecular flexibility index (Phi) is 4.26. The molecule has 0 atom stereocenters. The lowest BCUT2D eigenvalue weighted by atomic mass is 9.99. The Morgan fingerprint density at radius 3 is 2.47 bits per heavy atom. The van der Waals surface area contributed by atoms with E-state index in [0.29, 0.717) is 18.9 Å². The molecule has 0 saturated carbocycles. The van der Waals surface area contributed by atoms with Crippen molar-refractivity contribution in [3.63, 3.8) is 0 Å². The molecule has 5 heteroatoms. The zero-order chi connectivity index (χ0) is 13.1. The standard InChI is InChI=1S/C12H12F4O/c1-2-3-7-10(17)8-5-4-6-9(13)11(8)12(14,15)16/h4-6H,2-3,7H2,1H3. The number of Topliss-reactive ketones (excluding diaryl/α,β-unsaturated/α-hetero) is 1. The summed E-state index contributed by atoms with van der Waals surface area (Å²) in [4.78, 5) is 11.6. The van der Waals surface area contributed by atoms with Crippen molar-refractivity contribution in [1.82, 2.24) is 0 Å². The van der Waals surface area contributed by atoms with E-state index < -0.39 is 28.9 Å². The van der Waals surface area contributed by atoms with Gasteiger partial charge in [0.2, 0.25) is 0 Å². The number of rotatable bonds is 4. The Labute approximate surface area is 96.4 Å². The SMILES string of the molecule is CCCCC(=O)c1cccc(F)c1C(F)(F)F. The minimum atomic E-state index is -4.84. The first kappa shape index (κ1) is 13.7. The largest absolute Gasteiger partial charge is 0.419 e. The number of carbonyl (C=O) groups excluding carboxylic acids is 1. The quantitative estimate of drug-likeness (QED) is 0.576. The van der Waals surface area contributed by atoms with Crippen molar-refractivity contribution in [2.75, 3.05) is 0 Å². The van der Waals surface area contributed by atoms with Gasteiger partial charge in [0.05, 0.1) is 0 Å². The Morgan fingerprint density at radius 2 is 1.94 bits per heavy atom. The van der Waals surface area contributed by atoms with Gasteiger partial charge in [0.15, 0.2) is 5.78 Å². The van der Waals surface area contributed by atoms with E-state index in [-0.39, 0.29) is 6.42 Å². The zero-order valence-corrected chi connectivity index (χ0v) is 9.27. The van der Waals surface area contributed by atoms with Crippen molar-refractivity contribution < 1.29 is 22.4 Å². The van der Waals surface area contributed by atoms with Crippen LogP contribution in [-0.2, 0) is 6.18 Å². The number of hydrogen-bond acceptors (Lipinski definition) is 1. The van der Waals surface area contributed by atoms with Gasteiger partial charge in [-0.25, -0.2) is 4.39 Å². The summed E-state index contributed by atoms with van der Waals surface area (Å²) in [7, 11) is 0. The number of hydrogen-bond donors (Lipinski definition) is 0. The van der Waals surface area contributed by atoms with Crippen LogP contribution < -0.4 is 0 Å². The molecule has 1 aromatic carbocycles. The van der Waals surface area contributed by atoms with Gasteiger partial charge in [0, 0.05) is 12.0 Å². The number of halogens is 4. The highest BCUT2D eigenvalue weighted by Crippen LogP contribution is 2.34. The normalized spacial score (nSPS) is 11.6. The molecule has 0 N–H and O–H groups in total. The number of benzene rings is 1. The lowest BCUT2D eigenvalue weighted by Gasteiger charge is -2.12. The monoisotopic (exact) mass is 248 g/mol. The second kappa shape index (κ2) is 5.29. The summed E-state index contributed by atoms with van der Waals surface area (Å²) in [6, 6.07) is 2.84. The van der Waals surface area contributed by atoms with Gasteiger partial charge in [-0.3, -0.25) is 4.79 Å². The van der Waals surface area contributed by atoms with E-state index in [1.54, 1.807) is 0 Å². The molecular formula is C12H12F4O. The lowest BCUT2D eigenvalue weighted by Crippen LogP contribution is -2.15. The van der Waals surface area contributed by atoms with Gasteiger partial charge in [0.1, 0.15) is 11.4 Å². The predicted molar refractivity (Wildman–Crippen MR) is 55.3 cm³/mol. The Bertz CT molecular complexity index is 409. The second-order valence-corrected chi connectivity index (χ2v) is 3.69. The molecule has 0 aliphatic rings. The molecule has 0 bridgehead atoms. The molecule has 1 rings (SSSR count). The molecule has 0 radical (unpaired) electrons. The van der Waals surface area contributed by atoms with E-state index in [9.17, 15) is 22.4 Å². The van der Waals surface area contributed by atoms with Gasteiger partial charge in [-0.05, 0) is 12.5 Å². The van der Waals surface area contributed by atoms with Gasteiger partial charge in [0.25, 0.3) is 0 Å². The van der Waals surface area contributed by atoms with Gasteiger partial charge >= 0.3 is 6.18 Å². The van der Waals surface area contributed by atoms with E-state index in [4.69, 9.17) is 0 Å². The third-order valence-electron chi connectivity index (χ3n) is 2.35. The first-order valence-electron chi connectivity index (χ1n) is 5.26. The minimum absolute atomic E-state index is 0.00301. The van der Waals surface area contributed by atoms with Gasteiger partial charge in [-0.1, -0.05) is 25.5 Å². The van der Waals surface area contributed by atoms with E-state index in [2.05, 4.69) is 0 Å². The Balaban J connectivity index is 3.16. The maximum absolute atomic E-state index is 13.2. The highest BCUT2D eigenvalue weighted by molar-refractivity contribution is 5.97. The van der Waals surface area contributed by atoms with Crippen molar-refractivity contribution in [2.24, 2.45) is 0 Å². The fraction of sp³-hybridized carbons (Fsp3) is 0.417. The summed E-state index contributed by atoms with van der Waals surface area (Å²) in [5, 5.41) is 0. The molecule has 94 valence electrons. The van der Waals surface area contributed by atoms with Gasteiger partial charge in [-0.15, -0.1) is 0 Å². The van der Waals surface area contributed by atoms with Crippen LogP contribution in [0.15, 0.2) is 18.2 Å². The van der Waals surface area contributed by atoms with Crippen LogP contribution in [0.2, 0.25) is 0 Å². The summed E-state index contributed by atoms with van der Waals surface area (Å²) in [5.74, 6) is -2.07. The Morgan fingerprint density at radius 1 is 1.29 bits per heavy atom. The maximum atomic E-state index is 13.2. The molecule has 17 heavy (non-hydrogen) atoms. The first-order chi connectivity index (χ1) is 7.88. The minimum Gasteiger partial charge on any atom is -0.294 e. The van der Waals surface area contributed by atoms with Crippen LogP contribution in [0.1, 0.15) is 42.1 Å². The van der Waals surface area contributed by atoms with Crippen molar-refractivity contribution in [2.45, 2.75) is 32.4 Å². The number of ketones is 1. The molecule has 0 aromatic heterocycles. The number of unbranched alkanes of at least 4 members (excludes halogenated alkanes) is 1. The van der Waals surface area contributed by atoms with Crippen LogP contribution in [-0.4, -0.2) is 5.78 Å². The van der Waals surface area contributed by atoms with Crippen molar-refractivity contribution >= 4 is 5.78 Å². The molecule has 0 amide bonds. The molecule has 1 nitrogen and oxygen atoms in total. The fourth-order valence-corrected chi connectivity index (χ4v) is 1.52. The molecule has 1 aromatic rings. The smallest absolute Gasteiger partial charge is 0.294 e. The lowest BCUT2D eigenvalue weighted by molar-refractivity contribution is -0.140. The third kappa shape index (κ3) is 3.28. The van der Waals surface area contributed by atoms with E-state index in [0.717, 1.165) is 12.1 Å². The van der Waals surface area contributed by atoms with Crippen LogP contribution in [0, 0.1) is 5.82 Å². The van der Waals surface area contributed by atoms with Gasteiger partial charge in [-0.2, -0.15) is 13.2 Å². The molecule has 0 aliphatic carbocycles. The van der Waals surface area contributed by atoms with E-state index in [1.165, 1.54) is 0 Å². The molecule has 0 unspecified atom stereocenters. The van der Waals surface area contributed by atoms with Crippen LogP contribution in [0.4, 0.5) is 17.6 Å². The molecule has 0 heterocycles. The molecule has 0 aliphatic heterocycles. The molecule has 0 saturated heterocycles. The van der Waals surface area contributed by atoms with Crippen molar-refractivity contribution in [3.05, 3.63) is 35.1 Å². The second-order valence-electron chi connectivity index (χ2n) is 3.69. The van der Waals surface area contributed by atoms with Crippen molar-refractivity contribution in [3.8, 4) is 0 Å². The predicted octanol–water partition coefficient (Wildman–Crippen LogP) is 4.22. The molecule has 0 fully saturated rings. The summed E-state index contributed by atoms with van der Waals surface area (Å²) in [6.07, 6.45) is -3.65. The highest BCUT2D eigenvalue weighted by Gasteiger charge is 2.38. The first-order valence-corrected chi connectivity index (χ1v) is 5.26. The van der Waals surface area contributed by atoms with E-state index in [1.807, 2.05) is 6.92 Å². The summed E-state index contributed by atoms with van der Waals surface area (Å²) < 4.78 is 51.0. The fourth-order valence-electron chi connectivity index (χ4n) is 1.52. The summed E-state index contributed by atoms with van der Waals surface area (Å²) >= 11 is 0. The topological polar surface area (TPSA) is 17.1 Å². The molecular weight excluding hydrogens is 236 g/mol. The Hall–Kier alpha value is -1.39. The van der Waals surface area contributed by atoms with Crippen LogP contribution in [0.25, 0.3) is 0 Å². The van der Waals surface area contributed by atoms with E-state index >= 15 is 0 Å². The maximum Gasteiger partial charge on any atom is 0.419 e. The van der Waals surface area contributed by atoms with Crippen LogP contribution >= 0.6 is 0 Å². The highest BCUT2D eigenvalue weighted by atomic mass is 19.4. The summed E-state index contributed by atoms with van der Waals surface area (Å²) in [6.45, 7) is 1.82. The number of carbonyl (C=O) groups is 1. The van der Waals surface area contributed by atoms with Gasteiger partial charge < -0.3 is 0 Å². The average Bonchev–Trinajstić information content (AvgIpc) is 2.23. The molecule has 0 spiro atoms. The average molecular weight is 248 g/mol. The zero-order valence-electron chi connectivity index (χ0n) is 9.27. The van der Waals surface area contributed by atoms with Crippen LogP contribution in [0.3, 0.4) is 0 Å². The summed E-state index contributed by atoms with van der Waals surface area (Å²) in [5.41, 5.74) is -2.04. The van der Waals surface area contributed by atoms with Crippen LogP contribution in [0.5, 0.6) is 0 Å². The third-order valence-corrected chi connectivity index (χ3v) is 2.35.